The van der Waals surface area contributed by atoms with Crippen molar-refractivity contribution in [3.63, 3.8) is 0 Å². The van der Waals surface area contributed by atoms with Gasteiger partial charge in [-0.1, -0.05) is 72.6 Å². The van der Waals surface area contributed by atoms with Crippen LogP contribution >= 0.6 is 0 Å². The minimum Gasteiger partial charge on any atom is -0.328 e. The average molecular weight is 241 g/mol. The van der Waals surface area contributed by atoms with E-state index in [9.17, 15) is 0 Å². The Morgan fingerprint density at radius 1 is 0.824 bits per heavy atom. The fourth-order valence-electron chi connectivity index (χ4n) is 2.13. The molecule has 0 aromatic carbocycles. The minimum absolute atomic E-state index is 0.435. The lowest BCUT2D eigenvalue weighted by Gasteiger charge is -2.20. The molecule has 0 aliphatic carbocycles. The first-order valence-electron chi connectivity index (χ1n) is 7.71. The number of rotatable bonds is 10. The fraction of sp³-hybridized carbons (Fsp3) is 1.00. The summed E-state index contributed by atoms with van der Waals surface area (Å²) < 4.78 is 0. The summed E-state index contributed by atoms with van der Waals surface area (Å²) in [6.45, 7) is 9.17. The van der Waals surface area contributed by atoms with Crippen LogP contribution in [0.1, 0.15) is 91.9 Å². The molecule has 0 spiro atoms. The van der Waals surface area contributed by atoms with Gasteiger partial charge >= 0.3 is 0 Å². The van der Waals surface area contributed by atoms with Gasteiger partial charge in [0.05, 0.1) is 0 Å². The molecule has 1 nitrogen and oxygen atoms in total. The van der Waals surface area contributed by atoms with E-state index < -0.39 is 0 Å². The zero-order valence-electron chi connectivity index (χ0n) is 12.7. The molecule has 0 amide bonds. The molecule has 1 heteroatoms. The quantitative estimate of drug-likeness (QED) is 0.517. The molecular weight excluding hydrogens is 206 g/mol. The smallest absolute Gasteiger partial charge is 0.00390 e. The highest BCUT2D eigenvalue weighted by Gasteiger charge is 2.12. The summed E-state index contributed by atoms with van der Waals surface area (Å²) >= 11 is 0. The summed E-state index contributed by atoms with van der Waals surface area (Å²) in [5, 5.41) is 0. The van der Waals surface area contributed by atoms with Gasteiger partial charge in [-0.3, -0.25) is 0 Å². The van der Waals surface area contributed by atoms with Crippen LogP contribution in [-0.2, 0) is 0 Å². The van der Waals surface area contributed by atoms with Gasteiger partial charge < -0.3 is 5.73 Å². The lowest BCUT2D eigenvalue weighted by atomic mass is 9.88. The van der Waals surface area contributed by atoms with Gasteiger partial charge in [-0.25, -0.2) is 0 Å². The predicted molar refractivity (Wildman–Crippen MR) is 79.3 cm³/mol. The number of hydrogen-bond donors (Lipinski definition) is 1. The van der Waals surface area contributed by atoms with E-state index in [4.69, 9.17) is 5.73 Å². The van der Waals surface area contributed by atoms with Crippen molar-refractivity contribution in [1.82, 2.24) is 0 Å². The number of nitrogens with two attached hydrogens (primary N) is 1. The zero-order valence-corrected chi connectivity index (χ0v) is 12.7. The van der Waals surface area contributed by atoms with Gasteiger partial charge in [0.1, 0.15) is 0 Å². The van der Waals surface area contributed by atoms with Crippen molar-refractivity contribution in [3.8, 4) is 0 Å². The molecule has 0 bridgehead atoms. The van der Waals surface area contributed by atoms with E-state index in [1.54, 1.807) is 0 Å². The van der Waals surface area contributed by atoms with E-state index in [0.29, 0.717) is 11.5 Å². The second-order valence-corrected chi connectivity index (χ2v) is 6.77. The van der Waals surface area contributed by atoms with E-state index in [1.165, 1.54) is 64.2 Å². The largest absolute Gasteiger partial charge is 0.328 e. The highest BCUT2D eigenvalue weighted by atomic mass is 14.6. The Labute approximate surface area is 110 Å². The Hall–Kier alpha value is -0.0400. The maximum atomic E-state index is 6.14. The van der Waals surface area contributed by atoms with E-state index in [0.717, 1.165) is 0 Å². The predicted octanol–water partition coefficient (Wildman–Crippen LogP) is 5.28. The Morgan fingerprint density at radius 2 is 1.35 bits per heavy atom. The van der Waals surface area contributed by atoms with Gasteiger partial charge in [-0.15, -0.1) is 0 Å². The van der Waals surface area contributed by atoms with Crippen molar-refractivity contribution in [2.24, 2.45) is 11.1 Å². The molecule has 17 heavy (non-hydrogen) atoms. The van der Waals surface area contributed by atoms with Gasteiger partial charge in [-0.2, -0.15) is 0 Å². The van der Waals surface area contributed by atoms with Crippen LogP contribution < -0.4 is 5.73 Å². The Morgan fingerprint density at radius 3 is 1.88 bits per heavy atom. The standard InChI is InChI=1S/C16H35N/c1-5-6-7-8-9-10-11-12-15(17)13-14-16(2,3)4/h15H,5-14,17H2,1-4H3. The third-order valence-electron chi connectivity index (χ3n) is 3.44. The van der Waals surface area contributed by atoms with Gasteiger partial charge in [0, 0.05) is 6.04 Å². The Kier molecular flexibility index (Phi) is 9.91. The summed E-state index contributed by atoms with van der Waals surface area (Å²) in [6.07, 6.45) is 13.4. The van der Waals surface area contributed by atoms with Gasteiger partial charge in [-0.05, 0) is 24.7 Å². The zero-order chi connectivity index (χ0) is 13.1. The molecule has 0 radical (unpaired) electrons. The van der Waals surface area contributed by atoms with Crippen LogP contribution in [0.2, 0.25) is 0 Å². The van der Waals surface area contributed by atoms with Crippen molar-refractivity contribution in [1.29, 1.82) is 0 Å². The first-order valence-corrected chi connectivity index (χ1v) is 7.71. The third kappa shape index (κ3) is 13.9. The molecule has 1 unspecified atom stereocenters. The number of unbranched alkanes of at least 4 members (excludes halogenated alkanes) is 6. The second-order valence-electron chi connectivity index (χ2n) is 6.77. The topological polar surface area (TPSA) is 26.0 Å². The summed E-state index contributed by atoms with van der Waals surface area (Å²) in [4.78, 5) is 0. The highest BCUT2D eigenvalue weighted by Crippen LogP contribution is 2.22. The van der Waals surface area contributed by atoms with Gasteiger partial charge in [0.25, 0.3) is 0 Å². The molecular formula is C16H35N. The molecule has 0 heterocycles. The Bertz CT molecular complexity index is 157. The van der Waals surface area contributed by atoms with Crippen LogP contribution in [0.15, 0.2) is 0 Å². The maximum absolute atomic E-state index is 6.14. The van der Waals surface area contributed by atoms with Crippen molar-refractivity contribution in [2.75, 3.05) is 0 Å². The SMILES string of the molecule is CCCCCCCCCC(N)CCC(C)(C)C. The Balaban J connectivity index is 3.25. The van der Waals surface area contributed by atoms with Crippen molar-refractivity contribution in [3.05, 3.63) is 0 Å². The first kappa shape index (κ1) is 17.0. The lowest BCUT2D eigenvalue weighted by molar-refractivity contribution is 0.340. The molecule has 0 saturated carbocycles. The molecule has 0 aliphatic heterocycles. The molecule has 0 aromatic heterocycles. The summed E-state index contributed by atoms with van der Waals surface area (Å²) in [5.74, 6) is 0. The van der Waals surface area contributed by atoms with E-state index in [2.05, 4.69) is 27.7 Å². The molecule has 0 aliphatic rings. The molecule has 0 saturated heterocycles. The second kappa shape index (κ2) is 9.94. The normalized spacial score (nSPS) is 13.9. The molecule has 0 rings (SSSR count). The van der Waals surface area contributed by atoms with Crippen LogP contribution in [-0.4, -0.2) is 6.04 Å². The van der Waals surface area contributed by atoms with Crippen molar-refractivity contribution < 1.29 is 0 Å². The third-order valence-corrected chi connectivity index (χ3v) is 3.44. The minimum atomic E-state index is 0.435. The molecule has 1 atom stereocenters. The molecule has 2 N–H and O–H groups in total. The van der Waals surface area contributed by atoms with Gasteiger partial charge in [0.15, 0.2) is 0 Å². The number of hydrogen-bond acceptors (Lipinski definition) is 1. The first-order chi connectivity index (χ1) is 7.95. The van der Waals surface area contributed by atoms with Crippen LogP contribution in [0.5, 0.6) is 0 Å². The van der Waals surface area contributed by atoms with Crippen molar-refractivity contribution >= 4 is 0 Å². The van der Waals surface area contributed by atoms with Crippen LogP contribution in [0, 0.1) is 5.41 Å². The van der Waals surface area contributed by atoms with Crippen LogP contribution in [0.4, 0.5) is 0 Å². The van der Waals surface area contributed by atoms with Crippen LogP contribution in [0.25, 0.3) is 0 Å². The molecule has 104 valence electrons. The molecule has 0 fully saturated rings. The molecule has 0 aromatic rings. The summed E-state index contributed by atoms with van der Waals surface area (Å²) in [7, 11) is 0. The van der Waals surface area contributed by atoms with E-state index in [-0.39, 0.29) is 0 Å². The van der Waals surface area contributed by atoms with E-state index >= 15 is 0 Å². The average Bonchev–Trinajstić information content (AvgIpc) is 2.24. The van der Waals surface area contributed by atoms with Gasteiger partial charge in [0.2, 0.25) is 0 Å². The highest BCUT2D eigenvalue weighted by molar-refractivity contribution is 4.68. The maximum Gasteiger partial charge on any atom is 0.00390 e. The fourth-order valence-corrected chi connectivity index (χ4v) is 2.13. The summed E-state index contributed by atoms with van der Waals surface area (Å²) in [5.41, 5.74) is 6.59. The van der Waals surface area contributed by atoms with Crippen LogP contribution in [0.3, 0.4) is 0 Å². The lowest BCUT2D eigenvalue weighted by Crippen LogP contribution is -2.22. The monoisotopic (exact) mass is 241 g/mol. The van der Waals surface area contributed by atoms with E-state index in [1.807, 2.05) is 0 Å². The van der Waals surface area contributed by atoms with Crippen molar-refractivity contribution in [2.45, 2.75) is 97.9 Å². The summed E-state index contributed by atoms with van der Waals surface area (Å²) in [6, 6.07) is 0.435.